The summed E-state index contributed by atoms with van der Waals surface area (Å²) in [5, 5.41) is 0.218. The first-order valence-corrected chi connectivity index (χ1v) is 7.95. The quantitative estimate of drug-likeness (QED) is 0.776. The molecule has 0 atom stereocenters. The molecule has 0 bridgehead atoms. The molecule has 4 nitrogen and oxygen atoms in total. The summed E-state index contributed by atoms with van der Waals surface area (Å²) in [7, 11) is 0. The molecule has 1 aromatic carbocycles. The topological polar surface area (TPSA) is 48.3 Å². The van der Waals surface area contributed by atoms with Crippen LogP contribution in [-0.4, -0.2) is 17.1 Å². The minimum absolute atomic E-state index is 0.0395. The van der Waals surface area contributed by atoms with E-state index in [4.69, 9.17) is 4.74 Å². The van der Waals surface area contributed by atoms with Crippen molar-refractivity contribution < 1.29 is 13.9 Å². The number of halogens is 2. The Labute approximate surface area is 135 Å². The van der Waals surface area contributed by atoms with Crippen LogP contribution in [0.15, 0.2) is 21.5 Å². The zero-order valence-corrected chi connectivity index (χ0v) is 13.9. The van der Waals surface area contributed by atoms with E-state index < -0.39 is 17.2 Å². The van der Waals surface area contributed by atoms with Crippen LogP contribution in [0.5, 0.6) is 0 Å². The summed E-state index contributed by atoms with van der Waals surface area (Å²) in [4.78, 5) is 24.6. The van der Waals surface area contributed by atoms with Gasteiger partial charge in [-0.2, -0.15) is 0 Å². The van der Waals surface area contributed by atoms with Crippen LogP contribution in [0, 0.1) is 12.7 Å². The molecule has 1 saturated carbocycles. The van der Waals surface area contributed by atoms with Gasteiger partial charge < -0.3 is 9.30 Å². The van der Waals surface area contributed by atoms with E-state index >= 15 is 0 Å². The fraction of sp³-hybridized carbons (Fsp3) is 0.375. The minimum Gasteiger partial charge on any atom is -0.462 e. The number of esters is 1. The Hall–Kier alpha value is -1.69. The van der Waals surface area contributed by atoms with Crippen molar-refractivity contribution >= 4 is 32.8 Å². The van der Waals surface area contributed by atoms with E-state index in [1.54, 1.807) is 20.0 Å². The smallest absolute Gasteiger partial charge is 0.343 e. The largest absolute Gasteiger partial charge is 0.462 e. The average Bonchev–Trinajstić information content (AvgIpc) is 3.30. The van der Waals surface area contributed by atoms with E-state index in [-0.39, 0.29) is 23.6 Å². The Morgan fingerprint density at radius 2 is 2.18 bits per heavy atom. The molecule has 1 heterocycles. The highest BCUT2D eigenvalue weighted by Crippen LogP contribution is 2.39. The van der Waals surface area contributed by atoms with Crippen LogP contribution >= 0.6 is 15.9 Å². The number of hydrogen-bond acceptors (Lipinski definition) is 3. The molecule has 0 amide bonds. The van der Waals surface area contributed by atoms with Gasteiger partial charge in [0.15, 0.2) is 0 Å². The summed E-state index contributed by atoms with van der Waals surface area (Å²) < 4.78 is 21.2. The molecule has 1 fully saturated rings. The number of benzene rings is 1. The van der Waals surface area contributed by atoms with Crippen LogP contribution in [0.1, 0.15) is 41.7 Å². The number of rotatable bonds is 3. The summed E-state index contributed by atoms with van der Waals surface area (Å²) in [6, 6.07) is 1.43. The van der Waals surface area contributed by atoms with Gasteiger partial charge in [-0.25, -0.2) is 9.18 Å². The molecule has 0 radical (unpaired) electrons. The second kappa shape index (κ2) is 5.50. The molecule has 0 aliphatic heterocycles. The Bertz CT molecular complexity index is 840. The van der Waals surface area contributed by atoms with Gasteiger partial charge in [0, 0.05) is 17.6 Å². The summed E-state index contributed by atoms with van der Waals surface area (Å²) in [6.45, 7) is 3.63. The molecule has 1 aromatic heterocycles. The third-order valence-electron chi connectivity index (χ3n) is 3.87. The Morgan fingerprint density at radius 1 is 1.50 bits per heavy atom. The maximum absolute atomic E-state index is 14.0. The summed E-state index contributed by atoms with van der Waals surface area (Å²) in [5.41, 5.74) is 0.811. The highest BCUT2D eigenvalue weighted by atomic mass is 79.9. The van der Waals surface area contributed by atoms with Crippen molar-refractivity contribution in [1.29, 1.82) is 0 Å². The number of aryl methyl sites for hydroxylation is 1. The first-order valence-electron chi connectivity index (χ1n) is 7.16. The van der Waals surface area contributed by atoms with Gasteiger partial charge in [-0.15, -0.1) is 0 Å². The SMILES string of the molecule is CCOC(=O)c1cn(C2CC2)c2c(C)c(Br)c(F)cc2c1=O. The predicted molar refractivity (Wildman–Crippen MR) is 84.8 cm³/mol. The molecule has 1 aliphatic carbocycles. The van der Waals surface area contributed by atoms with Crippen LogP contribution < -0.4 is 5.43 Å². The van der Waals surface area contributed by atoms with Crippen LogP contribution in [-0.2, 0) is 4.74 Å². The lowest BCUT2D eigenvalue weighted by molar-refractivity contribution is 0.0524. The second-order valence-corrected chi connectivity index (χ2v) is 6.22. The fourth-order valence-electron chi connectivity index (χ4n) is 2.65. The molecule has 2 aromatic rings. The van der Waals surface area contributed by atoms with E-state index in [1.165, 1.54) is 6.07 Å². The Morgan fingerprint density at radius 3 is 2.77 bits per heavy atom. The molecular weight excluding hydrogens is 353 g/mol. The van der Waals surface area contributed by atoms with Gasteiger partial charge in [-0.05, 0) is 54.2 Å². The van der Waals surface area contributed by atoms with Gasteiger partial charge in [0.2, 0.25) is 5.43 Å². The monoisotopic (exact) mass is 367 g/mol. The summed E-state index contributed by atoms with van der Waals surface area (Å²) in [5.74, 6) is -1.17. The molecule has 6 heteroatoms. The predicted octanol–water partition coefficient (Wildman–Crippen LogP) is 3.72. The van der Waals surface area contributed by atoms with Crippen LogP contribution in [0.4, 0.5) is 4.39 Å². The van der Waals surface area contributed by atoms with Crippen molar-refractivity contribution in [1.82, 2.24) is 4.57 Å². The standard InChI is InChI=1S/C16H15BrFNO3/c1-3-22-16(21)11-7-19(9-4-5-9)14-8(2)13(17)12(18)6-10(14)15(11)20/h6-7,9H,3-5H2,1-2H3. The van der Waals surface area contributed by atoms with Crippen LogP contribution in [0.2, 0.25) is 0 Å². The van der Waals surface area contributed by atoms with E-state index in [9.17, 15) is 14.0 Å². The van der Waals surface area contributed by atoms with Crippen molar-refractivity contribution in [2.45, 2.75) is 32.7 Å². The van der Waals surface area contributed by atoms with E-state index in [0.717, 1.165) is 12.8 Å². The molecule has 22 heavy (non-hydrogen) atoms. The normalized spacial score (nSPS) is 14.4. The maximum Gasteiger partial charge on any atom is 0.343 e. The number of nitrogens with zero attached hydrogens (tertiary/aromatic N) is 1. The van der Waals surface area contributed by atoms with Gasteiger partial charge in [0.1, 0.15) is 11.4 Å². The lowest BCUT2D eigenvalue weighted by Crippen LogP contribution is -2.21. The Balaban J connectivity index is 2.38. The number of pyridine rings is 1. The molecule has 0 N–H and O–H groups in total. The van der Waals surface area contributed by atoms with E-state index in [0.29, 0.717) is 15.6 Å². The highest BCUT2D eigenvalue weighted by Gasteiger charge is 2.28. The van der Waals surface area contributed by atoms with E-state index in [2.05, 4.69) is 15.9 Å². The number of carbonyl (C=O) groups excluding carboxylic acids is 1. The van der Waals surface area contributed by atoms with Gasteiger partial charge in [0.05, 0.1) is 16.6 Å². The maximum atomic E-state index is 14.0. The van der Waals surface area contributed by atoms with Gasteiger partial charge >= 0.3 is 5.97 Å². The van der Waals surface area contributed by atoms with Gasteiger partial charge in [0.25, 0.3) is 0 Å². The first-order chi connectivity index (χ1) is 10.5. The van der Waals surface area contributed by atoms with Crippen LogP contribution in [0.3, 0.4) is 0 Å². The zero-order chi connectivity index (χ0) is 16.0. The van der Waals surface area contributed by atoms with Crippen molar-refractivity contribution in [3.8, 4) is 0 Å². The molecular formula is C16H15BrFNO3. The number of carbonyl (C=O) groups is 1. The lowest BCUT2D eigenvalue weighted by Gasteiger charge is -2.15. The van der Waals surface area contributed by atoms with Crippen LogP contribution in [0.25, 0.3) is 10.9 Å². The van der Waals surface area contributed by atoms with Crippen molar-refractivity contribution in [2.75, 3.05) is 6.61 Å². The number of fused-ring (bicyclic) bond motifs is 1. The molecule has 0 spiro atoms. The fourth-order valence-corrected chi connectivity index (χ4v) is 2.95. The minimum atomic E-state index is -0.662. The first kappa shape index (κ1) is 15.2. The average molecular weight is 368 g/mol. The van der Waals surface area contributed by atoms with Gasteiger partial charge in [-0.3, -0.25) is 4.79 Å². The van der Waals surface area contributed by atoms with E-state index in [1.807, 2.05) is 4.57 Å². The molecule has 3 rings (SSSR count). The van der Waals surface area contributed by atoms with Crippen molar-refractivity contribution in [2.24, 2.45) is 0 Å². The molecule has 1 aliphatic rings. The van der Waals surface area contributed by atoms with Crippen molar-refractivity contribution in [3.63, 3.8) is 0 Å². The third kappa shape index (κ3) is 2.35. The molecule has 116 valence electrons. The van der Waals surface area contributed by atoms with Crippen molar-refractivity contribution in [3.05, 3.63) is 43.9 Å². The highest BCUT2D eigenvalue weighted by molar-refractivity contribution is 9.10. The summed E-state index contributed by atoms with van der Waals surface area (Å²) >= 11 is 3.22. The number of aromatic nitrogens is 1. The summed E-state index contributed by atoms with van der Waals surface area (Å²) in [6.07, 6.45) is 3.51. The third-order valence-corrected chi connectivity index (χ3v) is 4.85. The number of hydrogen-bond donors (Lipinski definition) is 0. The second-order valence-electron chi connectivity index (χ2n) is 5.42. The zero-order valence-electron chi connectivity index (χ0n) is 12.3. The Kier molecular flexibility index (Phi) is 3.80. The molecule has 0 saturated heterocycles. The number of ether oxygens (including phenoxy) is 1. The lowest BCUT2D eigenvalue weighted by atomic mass is 10.1. The van der Waals surface area contributed by atoms with Gasteiger partial charge in [-0.1, -0.05) is 0 Å². The molecule has 0 unspecified atom stereocenters.